The second-order valence-electron chi connectivity index (χ2n) is 5.46. The quantitative estimate of drug-likeness (QED) is 0.604. The lowest BCUT2D eigenvalue weighted by molar-refractivity contribution is 0.275. The average molecular weight is 220 g/mol. The first kappa shape index (κ1) is 13.2. The summed E-state index contributed by atoms with van der Waals surface area (Å²) in [6, 6.07) is 8.97. The Morgan fingerprint density at radius 2 is 1.75 bits per heavy atom. The molecule has 1 rings (SSSR count). The van der Waals surface area contributed by atoms with Crippen molar-refractivity contribution in [2.45, 2.75) is 46.6 Å². The Bertz CT molecular complexity index is 309. The number of nitrogens with two attached hydrogens (primary N) is 1. The molecule has 0 bridgehead atoms. The molecule has 0 aliphatic carbocycles. The van der Waals surface area contributed by atoms with Crippen molar-refractivity contribution in [1.29, 1.82) is 0 Å². The Hall–Kier alpha value is -0.860. The van der Waals surface area contributed by atoms with E-state index in [1.807, 2.05) is 0 Å². The van der Waals surface area contributed by atoms with Crippen LogP contribution in [0.4, 0.5) is 0 Å². The minimum absolute atomic E-state index is 0.126. The monoisotopic (exact) mass is 220 g/mol. The average Bonchev–Trinajstić information content (AvgIpc) is 2.20. The van der Waals surface area contributed by atoms with Crippen molar-refractivity contribution in [2.24, 2.45) is 11.3 Å². The highest BCUT2D eigenvalue weighted by Gasteiger charge is 2.24. The Labute approximate surface area is 99.2 Å². The maximum Gasteiger partial charge on any atom is 0.0508 e. The molecule has 0 aliphatic rings. The van der Waals surface area contributed by atoms with Crippen LogP contribution in [-0.2, 0) is 6.42 Å². The molecule has 3 N–H and O–H groups in total. The van der Waals surface area contributed by atoms with E-state index in [9.17, 15) is 0 Å². The first-order chi connectivity index (χ1) is 7.49. The van der Waals surface area contributed by atoms with Crippen LogP contribution in [0, 0.1) is 5.41 Å². The topological polar surface area (TPSA) is 38.0 Å². The van der Waals surface area contributed by atoms with Crippen LogP contribution in [0.1, 0.15) is 51.3 Å². The minimum Gasteiger partial charge on any atom is -0.271 e. The van der Waals surface area contributed by atoms with E-state index in [4.69, 9.17) is 5.84 Å². The Morgan fingerprint density at radius 1 is 1.19 bits per heavy atom. The molecule has 0 saturated carbocycles. The van der Waals surface area contributed by atoms with E-state index in [2.05, 4.69) is 57.4 Å². The SMILES string of the molecule is CCCc1ccc(C(NN)C(C)(C)C)cc1. The minimum atomic E-state index is 0.126. The molecule has 0 aliphatic heterocycles. The maximum absolute atomic E-state index is 5.64. The first-order valence-electron chi connectivity index (χ1n) is 6.04. The summed E-state index contributed by atoms with van der Waals surface area (Å²) < 4.78 is 0. The van der Waals surface area contributed by atoms with E-state index in [1.165, 1.54) is 17.5 Å². The van der Waals surface area contributed by atoms with E-state index in [-0.39, 0.29) is 11.5 Å². The molecular formula is C14H24N2. The van der Waals surface area contributed by atoms with Gasteiger partial charge in [0.1, 0.15) is 0 Å². The summed E-state index contributed by atoms with van der Waals surface area (Å²) in [6.07, 6.45) is 2.34. The molecule has 16 heavy (non-hydrogen) atoms. The maximum atomic E-state index is 5.64. The molecule has 1 aromatic carbocycles. The fourth-order valence-corrected chi connectivity index (χ4v) is 2.01. The van der Waals surface area contributed by atoms with E-state index in [0.717, 1.165) is 6.42 Å². The fraction of sp³-hybridized carbons (Fsp3) is 0.571. The molecule has 2 nitrogen and oxygen atoms in total. The van der Waals surface area contributed by atoms with Gasteiger partial charge in [-0.3, -0.25) is 11.3 Å². The third kappa shape index (κ3) is 3.32. The van der Waals surface area contributed by atoms with Gasteiger partial charge in [-0.1, -0.05) is 58.4 Å². The summed E-state index contributed by atoms with van der Waals surface area (Å²) in [7, 11) is 0. The van der Waals surface area contributed by atoms with Gasteiger partial charge in [-0.2, -0.15) is 0 Å². The highest BCUT2D eigenvalue weighted by molar-refractivity contribution is 5.26. The molecule has 0 spiro atoms. The van der Waals surface area contributed by atoms with Gasteiger partial charge in [0, 0.05) is 0 Å². The summed E-state index contributed by atoms with van der Waals surface area (Å²) >= 11 is 0. The molecule has 1 unspecified atom stereocenters. The second kappa shape index (κ2) is 5.46. The van der Waals surface area contributed by atoms with Crippen molar-refractivity contribution < 1.29 is 0 Å². The predicted molar refractivity (Wildman–Crippen MR) is 70.0 cm³/mol. The van der Waals surface area contributed by atoms with Gasteiger partial charge in [-0.15, -0.1) is 0 Å². The van der Waals surface area contributed by atoms with Crippen LogP contribution < -0.4 is 11.3 Å². The largest absolute Gasteiger partial charge is 0.271 e. The molecular weight excluding hydrogens is 196 g/mol. The molecule has 0 heterocycles. The van der Waals surface area contributed by atoms with Gasteiger partial charge < -0.3 is 0 Å². The van der Waals surface area contributed by atoms with Gasteiger partial charge in [0.25, 0.3) is 0 Å². The molecule has 1 atom stereocenters. The zero-order valence-corrected chi connectivity index (χ0v) is 10.9. The van der Waals surface area contributed by atoms with Gasteiger partial charge in [-0.25, -0.2) is 0 Å². The van der Waals surface area contributed by atoms with E-state index >= 15 is 0 Å². The van der Waals surface area contributed by atoms with Crippen molar-refractivity contribution in [1.82, 2.24) is 5.43 Å². The van der Waals surface area contributed by atoms with Crippen LogP contribution in [0.2, 0.25) is 0 Å². The van der Waals surface area contributed by atoms with Crippen LogP contribution in [0.25, 0.3) is 0 Å². The molecule has 0 radical (unpaired) electrons. The smallest absolute Gasteiger partial charge is 0.0508 e. The number of rotatable bonds is 4. The second-order valence-corrected chi connectivity index (χ2v) is 5.46. The van der Waals surface area contributed by atoms with Gasteiger partial charge in [-0.05, 0) is 23.0 Å². The zero-order chi connectivity index (χ0) is 12.2. The third-order valence-electron chi connectivity index (χ3n) is 2.88. The zero-order valence-electron chi connectivity index (χ0n) is 10.9. The number of hydrogen-bond acceptors (Lipinski definition) is 2. The Morgan fingerprint density at radius 3 is 2.12 bits per heavy atom. The van der Waals surface area contributed by atoms with Crippen molar-refractivity contribution in [3.8, 4) is 0 Å². The molecule has 2 heteroatoms. The Balaban J connectivity index is 2.87. The highest BCUT2D eigenvalue weighted by atomic mass is 15.2. The molecule has 0 aromatic heterocycles. The standard InChI is InChI=1S/C14H24N2/c1-5-6-11-7-9-12(10-8-11)13(16-15)14(2,3)4/h7-10,13,16H,5-6,15H2,1-4H3. The van der Waals surface area contributed by atoms with Crippen molar-refractivity contribution in [3.63, 3.8) is 0 Å². The molecule has 1 aromatic rings. The lowest BCUT2D eigenvalue weighted by atomic mass is 9.82. The van der Waals surface area contributed by atoms with E-state index in [0.29, 0.717) is 0 Å². The normalized spacial score (nSPS) is 13.8. The summed E-state index contributed by atoms with van der Waals surface area (Å²) in [5, 5.41) is 0. The number of nitrogens with one attached hydrogen (secondary N) is 1. The predicted octanol–water partition coefficient (Wildman–Crippen LogP) is 3.19. The number of hydrazine groups is 1. The van der Waals surface area contributed by atoms with Crippen LogP contribution in [0.15, 0.2) is 24.3 Å². The number of benzene rings is 1. The molecule has 0 saturated heterocycles. The summed E-state index contributed by atoms with van der Waals surface area (Å²) in [6.45, 7) is 8.78. The van der Waals surface area contributed by atoms with Gasteiger partial charge in [0.15, 0.2) is 0 Å². The van der Waals surface area contributed by atoms with E-state index < -0.39 is 0 Å². The lowest BCUT2D eigenvalue weighted by Crippen LogP contribution is -2.36. The van der Waals surface area contributed by atoms with E-state index in [1.54, 1.807) is 0 Å². The third-order valence-corrected chi connectivity index (χ3v) is 2.88. The summed E-state index contributed by atoms with van der Waals surface area (Å²) in [5.41, 5.74) is 5.69. The highest BCUT2D eigenvalue weighted by Crippen LogP contribution is 2.31. The van der Waals surface area contributed by atoms with Gasteiger partial charge in [0.05, 0.1) is 6.04 Å². The van der Waals surface area contributed by atoms with Gasteiger partial charge in [0.2, 0.25) is 0 Å². The lowest BCUT2D eigenvalue weighted by Gasteiger charge is -2.30. The summed E-state index contributed by atoms with van der Waals surface area (Å²) in [4.78, 5) is 0. The number of aryl methyl sites for hydroxylation is 1. The summed E-state index contributed by atoms with van der Waals surface area (Å²) in [5.74, 6) is 5.64. The van der Waals surface area contributed by atoms with Crippen molar-refractivity contribution in [2.75, 3.05) is 0 Å². The molecule has 0 amide bonds. The van der Waals surface area contributed by atoms with Crippen LogP contribution in [0.3, 0.4) is 0 Å². The molecule has 0 fully saturated rings. The Kier molecular flexibility index (Phi) is 4.51. The number of hydrogen-bond donors (Lipinski definition) is 2. The first-order valence-corrected chi connectivity index (χ1v) is 6.04. The van der Waals surface area contributed by atoms with Crippen molar-refractivity contribution in [3.05, 3.63) is 35.4 Å². The van der Waals surface area contributed by atoms with Crippen LogP contribution in [-0.4, -0.2) is 0 Å². The van der Waals surface area contributed by atoms with Gasteiger partial charge >= 0.3 is 0 Å². The fourth-order valence-electron chi connectivity index (χ4n) is 2.01. The molecule has 90 valence electrons. The van der Waals surface area contributed by atoms with Crippen LogP contribution >= 0.6 is 0 Å². The van der Waals surface area contributed by atoms with Crippen LogP contribution in [0.5, 0.6) is 0 Å². The van der Waals surface area contributed by atoms with Crippen molar-refractivity contribution >= 4 is 0 Å².